The van der Waals surface area contributed by atoms with Gasteiger partial charge in [0.05, 0.1) is 4.90 Å². The van der Waals surface area contributed by atoms with Crippen LogP contribution in [0.3, 0.4) is 0 Å². The van der Waals surface area contributed by atoms with Crippen LogP contribution in [0, 0.1) is 0 Å². The van der Waals surface area contributed by atoms with Crippen LogP contribution in [0.5, 0.6) is 0 Å². The van der Waals surface area contributed by atoms with Crippen LogP contribution in [0.2, 0.25) is 0 Å². The number of benzene rings is 1. The molecule has 22 heavy (non-hydrogen) atoms. The van der Waals surface area contributed by atoms with Gasteiger partial charge in [-0.15, -0.1) is 12.4 Å². The van der Waals surface area contributed by atoms with Gasteiger partial charge < -0.3 is 11.1 Å². The number of rotatable bonds is 9. The van der Waals surface area contributed by atoms with Crippen molar-refractivity contribution in [3.8, 4) is 0 Å². The van der Waals surface area contributed by atoms with Gasteiger partial charge in [-0.1, -0.05) is 25.0 Å². The number of hydrogen-bond donors (Lipinski definition) is 3. The van der Waals surface area contributed by atoms with Crippen LogP contribution in [0.4, 0.5) is 0 Å². The normalized spacial score (nSPS) is 10.8. The molecule has 1 rings (SSSR count). The van der Waals surface area contributed by atoms with Crippen molar-refractivity contribution < 1.29 is 13.2 Å². The summed E-state index contributed by atoms with van der Waals surface area (Å²) in [6, 6.07) is 6.15. The van der Waals surface area contributed by atoms with Crippen molar-refractivity contribution >= 4 is 28.3 Å². The Morgan fingerprint density at radius 3 is 2.18 bits per heavy atom. The van der Waals surface area contributed by atoms with E-state index in [1.54, 1.807) is 12.1 Å². The summed E-state index contributed by atoms with van der Waals surface area (Å²) >= 11 is 0. The Labute approximate surface area is 138 Å². The fourth-order valence-electron chi connectivity index (χ4n) is 1.87. The Hall–Kier alpha value is -1.15. The van der Waals surface area contributed by atoms with Gasteiger partial charge in [0.25, 0.3) is 0 Å². The third kappa shape index (κ3) is 8.33. The Morgan fingerprint density at radius 1 is 1.05 bits per heavy atom. The SMILES string of the molecule is Cl.NCCCCCCC(=O)NCc1ccc(S(N)(=O)=O)cc1. The van der Waals surface area contributed by atoms with Gasteiger partial charge in [0.15, 0.2) is 0 Å². The zero-order valence-electron chi connectivity index (χ0n) is 12.5. The molecule has 5 N–H and O–H groups in total. The van der Waals surface area contributed by atoms with E-state index in [2.05, 4.69) is 5.32 Å². The average Bonchev–Trinajstić information content (AvgIpc) is 2.44. The molecule has 126 valence electrons. The molecule has 1 amide bonds. The number of unbranched alkanes of at least 4 members (excludes halogenated alkanes) is 3. The summed E-state index contributed by atoms with van der Waals surface area (Å²) in [6.45, 7) is 1.08. The van der Waals surface area contributed by atoms with Crippen LogP contribution >= 0.6 is 12.4 Å². The van der Waals surface area contributed by atoms with E-state index in [9.17, 15) is 13.2 Å². The third-order valence-corrected chi connectivity index (χ3v) is 4.03. The van der Waals surface area contributed by atoms with Crippen molar-refractivity contribution in [1.29, 1.82) is 0 Å². The molecule has 0 heterocycles. The summed E-state index contributed by atoms with van der Waals surface area (Å²) < 4.78 is 22.2. The topological polar surface area (TPSA) is 115 Å². The molecule has 0 atom stereocenters. The van der Waals surface area contributed by atoms with E-state index in [1.165, 1.54) is 12.1 Å². The maximum Gasteiger partial charge on any atom is 0.238 e. The highest BCUT2D eigenvalue weighted by molar-refractivity contribution is 7.89. The number of primary sulfonamides is 1. The fraction of sp³-hybridized carbons (Fsp3) is 0.500. The largest absolute Gasteiger partial charge is 0.352 e. The van der Waals surface area contributed by atoms with Gasteiger partial charge in [-0.25, -0.2) is 13.6 Å². The van der Waals surface area contributed by atoms with Crippen LogP contribution in [-0.2, 0) is 21.4 Å². The first-order chi connectivity index (χ1) is 9.93. The summed E-state index contributed by atoms with van der Waals surface area (Å²) in [7, 11) is -3.67. The molecule has 0 aliphatic carbocycles. The van der Waals surface area contributed by atoms with E-state index in [-0.39, 0.29) is 23.2 Å². The molecule has 0 fully saturated rings. The number of nitrogens with one attached hydrogen (secondary N) is 1. The summed E-state index contributed by atoms with van der Waals surface area (Å²) in [6.07, 6.45) is 4.42. The second-order valence-electron chi connectivity index (χ2n) is 4.92. The van der Waals surface area contributed by atoms with Crippen molar-refractivity contribution in [2.75, 3.05) is 6.54 Å². The van der Waals surface area contributed by atoms with Crippen molar-refractivity contribution in [3.63, 3.8) is 0 Å². The van der Waals surface area contributed by atoms with Crippen LogP contribution in [0.25, 0.3) is 0 Å². The van der Waals surface area contributed by atoms with Crippen LogP contribution < -0.4 is 16.2 Å². The van der Waals surface area contributed by atoms with E-state index in [1.807, 2.05) is 0 Å². The van der Waals surface area contributed by atoms with E-state index < -0.39 is 10.0 Å². The lowest BCUT2D eigenvalue weighted by atomic mass is 10.1. The molecule has 1 aromatic rings. The Balaban J connectivity index is 0.00000441. The van der Waals surface area contributed by atoms with Crippen LogP contribution in [-0.4, -0.2) is 20.9 Å². The van der Waals surface area contributed by atoms with E-state index >= 15 is 0 Å². The maximum atomic E-state index is 11.6. The number of carbonyl (C=O) groups is 1. The molecule has 0 unspecified atom stereocenters. The number of sulfonamides is 1. The number of hydrogen-bond acceptors (Lipinski definition) is 4. The van der Waals surface area contributed by atoms with Gasteiger partial charge in [-0.2, -0.15) is 0 Å². The van der Waals surface area contributed by atoms with E-state index in [0.717, 1.165) is 31.2 Å². The second-order valence-corrected chi connectivity index (χ2v) is 6.48. The number of halogens is 1. The minimum Gasteiger partial charge on any atom is -0.352 e. The molecule has 0 aliphatic heterocycles. The minimum absolute atomic E-state index is 0. The fourth-order valence-corrected chi connectivity index (χ4v) is 2.38. The summed E-state index contributed by atoms with van der Waals surface area (Å²) in [5.41, 5.74) is 6.23. The summed E-state index contributed by atoms with van der Waals surface area (Å²) in [5.74, 6) is -0.00160. The lowest BCUT2D eigenvalue weighted by Gasteiger charge is -2.06. The predicted octanol–water partition coefficient (Wildman–Crippen LogP) is 1.28. The quantitative estimate of drug-likeness (QED) is 0.582. The third-order valence-electron chi connectivity index (χ3n) is 3.10. The Kier molecular flexibility index (Phi) is 10.0. The first-order valence-electron chi connectivity index (χ1n) is 7.02. The molecule has 6 nitrogen and oxygen atoms in total. The summed E-state index contributed by atoms with van der Waals surface area (Å²) in [4.78, 5) is 11.7. The standard InChI is InChI=1S/C14H23N3O3S.ClH/c15-10-4-2-1-3-5-14(18)17-11-12-6-8-13(9-7-12)21(16,19)20;/h6-9H,1-5,10-11,15H2,(H,17,18)(H2,16,19,20);1H. The lowest BCUT2D eigenvalue weighted by molar-refractivity contribution is -0.121. The zero-order valence-corrected chi connectivity index (χ0v) is 14.1. The summed E-state index contributed by atoms with van der Waals surface area (Å²) in [5, 5.41) is 7.82. The molecule has 0 spiro atoms. The van der Waals surface area contributed by atoms with E-state index in [4.69, 9.17) is 10.9 Å². The van der Waals surface area contributed by atoms with Crippen molar-refractivity contribution in [2.24, 2.45) is 10.9 Å². The van der Waals surface area contributed by atoms with Crippen molar-refractivity contribution in [1.82, 2.24) is 5.32 Å². The Morgan fingerprint density at radius 2 is 1.64 bits per heavy atom. The Bertz CT molecular complexity index is 547. The van der Waals surface area contributed by atoms with Gasteiger partial charge >= 0.3 is 0 Å². The number of carbonyl (C=O) groups excluding carboxylic acids is 1. The monoisotopic (exact) mass is 349 g/mol. The zero-order chi connectivity index (χ0) is 15.7. The molecule has 0 saturated carbocycles. The van der Waals surface area contributed by atoms with Gasteiger partial charge in [-0.05, 0) is 37.1 Å². The number of nitrogens with two attached hydrogens (primary N) is 2. The molecular weight excluding hydrogens is 326 g/mol. The van der Waals surface area contributed by atoms with Crippen molar-refractivity contribution in [3.05, 3.63) is 29.8 Å². The highest BCUT2D eigenvalue weighted by atomic mass is 35.5. The molecule has 0 aromatic heterocycles. The molecule has 1 aromatic carbocycles. The van der Waals surface area contributed by atoms with Gasteiger partial charge in [0.2, 0.25) is 15.9 Å². The first-order valence-corrected chi connectivity index (χ1v) is 8.56. The second kappa shape index (κ2) is 10.6. The highest BCUT2D eigenvalue weighted by Crippen LogP contribution is 2.09. The molecule has 0 aliphatic rings. The molecule has 8 heteroatoms. The minimum atomic E-state index is -3.67. The lowest BCUT2D eigenvalue weighted by Crippen LogP contribution is -2.22. The van der Waals surface area contributed by atoms with Gasteiger partial charge in [0, 0.05) is 13.0 Å². The van der Waals surface area contributed by atoms with Crippen molar-refractivity contribution in [2.45, 2.75) is 43.5 Å². The van der Waals surface area contributed by atoms with Crippen LogP contribution in [0.15, 0.2) is 29.2 Å². The average molecular weight is 350 g/mol. The van der Waals surface area contributed by atoms with Gasteiger partial charge in [0.1, 0.15) is 0 Å². The first kappa shape index (κ1) is 20.9. The predicted molar refractivity (Wildman–Crippen MR) is 89.0 cm³/mol. The molecular formula is C14H24ClN3O3S. The smallest absolute Gasteiger partial charge is 0.238 e. The van der Waals surface area contributed by atoms with Gasteiger partial charge in [-0.3, -0.25) is 4.79 Å². The molecule has 0 saturated heterocycles. The number of amides is 1. The highest BCUT2D eigenvalue weighted by Gasteiger charge is 2.07. The van der Waals surface area contributed by atoms with Crippen LogP contribution in [0.1, 0.15) is 37.7 Å². The maximum absolute atomic E-state index is 11.6. The molecule has 0 radical (unpaired) electrons. The van der Waals surface area contributed by atoms with E-state index in [0.29, 0.717) is 19.5 Å². The molecule has 0 bridgehead atoms.